The second-order valence-electron chi connectivity index (χ2n) is 5.35. The number of rotatable bonds is 5. The number of aromatic nitrogens is 2. The van der Waals surface area contributed by atoms with Crippen LogP contribution in [0.15, 0.2) is 45.5 Å². The molecule has 0 saturated heterocycles. The van der Waals surface area contributed by atoms with E-state index in [1.807, 2.05) is 44.2 Å². The first-order chi connectivity index (χ1) is 10.6. The van der Waals surface area contributed by atoms with Crippen LogP contribution in [0.2, 0.25) is 0 Å². The Morgan fingerprint density at radius 3 is 2.64 bits per heavy atom. The number of oxazole rings is 1. The van der Waals surface area contributed by atoms with Gasteiger partial charge in [-0.15, -0.1) is 0 Å². The van der Waals surface area contributed by atoms with E-state index in [4.69, 9.17) is 8.94 Å². The molecular formula is C17H19N3O2. The summed E-state index contributed by atoms with van der Waals surface area (Å²) in [6, 6.07) is 10.0. The molecule has 0 amide bonds. The Morgan fingerprint density at radius 2 is 1.95 bits per heavy atom. The van der Waals surface area contributed by atoms with Crippen LogP contribution in [0, 0.1) is 13.8 Å². The molecule has 5 heteroatoms. The fraction of sp³-hybridized carbons (Fsp3) is 0.294. The summed E-state index contributed by atoms with van der Waals surface area (Å²) in [5.74, 6) is 1.49. The minimum atomic E-state index is 0.142. The van der Waals surface area contributed by atoms with E-state index in [9.17, 15) is 0 Å². The van der Waals surface area contributed by atoms with Crippen LogP contribution in [0.4, 0.5) is 0 Å². The topological polar surface area (TPSA) is 64.1 Å². The van der Waals surface area contributed by atoms with Crippen molar-refractivity contribution in [1.29, 1.82) is 0 Å². The minimum Gasteiger partial charge on any atom is -0.444 e. The standard InChI is InChI=1S/C17H19N3O2/c1-11(16-12(2)20-22-13(16)3)18-9-15-10-21-17(19-15)14-7-5-4-6-8-14/h4-8,10-11,18H,9H2,1-3H3/t11-/m1/s1. The van der Waals surface area contributed by atoms with E-state index in [2.05, 4.69) is 22.4 Å². The van der Waals surface area contributed by atoms with Crippen LogP contribution in [-0.4, -0.2) is 10.1 Å². The summed E-state index contributed by atoms with van der Waals surface area (Å²) < 4.78 is 10.7. The van der Waals surface area contributed by atoms with Gasteiger partial charge in [0.05, 0.1) is 11.4 Å². The quantitative estimate of drug-likeness (QED) is 0.776. The Hall–Kier alpha value is -2.40. The second kappa shape index (κ2) is 6.15. The molecule has 1 N–H and O–H groups in total. The maximum Gasteiger partial charge on any atom is 0.226 e. The molecule has 5 nitrogen and oxygen atoms in total. The lowest BCUT2D eigenvalue weighted by atomic mass is 10.1. The Balaban J connectivity index is 1.66. The van der Waals surface area contributed by atoms with Gasteiger partial charge in [-0.3, -0.25) is 0 Å². The summed E-state index contributed by atoms with van der Waals surface area (Å²) in [6.45, 7) is 6.59. The maximum absolute atomic E-state index is 5.54. The van der Waals surface area contributed by atoms with Gasteiger partial charge in [0.15, 0.2) is 0 Å². The Labute approximate surface area is 129 Å². The number of nitrogens with one attached hydrogen (secondary N) is 1. The zero-order valence-electron chi connectivity index (χ0n) is 13.0. The molecular weight excluding hydrogens is 278 g/mol. The van der Waals surface area contributed by atoms with Crippen LogP contribution in [0.1, 0.15) is 35.7 Å². The van der Waals surface area contributed by atoms with Crippen molar-refractivity contribution < 1.29 is 8.94 Å². The molecule has 2 heterocycles. The highest BCUT2D eigenvalue weighted by Crippen LogP contribution is 2.22. The Bertz CT molecular complexity index is 727. The van der Waals surface area contributed by atoms with E-state index in [1.54, 1.807) is 6.26 Å². The first-order valence-electron chi connectivity index (χ1n) is 7.31. The normalized spacial score (nSPS) is 12.5. The molecule has 3 rings (SSSR count). The highest BCUT2D eigenvalue weighted by atomic mass is 16.5. The third kappa shape index (κ3) is 2.94. The molecule has 114 valence electrons. The van der Waals surface area contributed by atoms with Crippen molar-refractivity contribution in [3.63, 3.8) is 0 Å². The summed E-state index contributed by atoms with van der Waals surface area (Å²) in [7, 11) is 0. The van der Waals surface area contributed by atoms with Gasteiger partial charge in [0, 0.05) is 23.7 Å². The molecule has 0 radical (unpaired) electrons. The van der Waals surface area contributed by atoms with E-state index < -0.39 is 0 Å². The van der Waals surface area contributed by atoms with Crippen molar-refractivity contribution >= 4 is 0 Å². The fourth-order valence-corrected chi connectivity index (χ4v) is 2.57. The lowest BCUT2D eigenvalue weighted by Crippen LogP contribution is -2.19. The summed E-state index contributed by atoms with van der Waals surface area (Å²) in [5.41, 5.74) is 3.87. The monoisotopic (exact) mass is 297 g/mol. The van der Waals surface area contributed by atoms with Gasteiger partial charge in [0.25, 0.3) is 0 Å². The van der Waals surface area contributed by atoms with Crippen molar-refractivity contribution in [1.82, 2.24) is 15.5 Å². The van der Waals surface area contributed by atoms with Crippen LogP contribution >= 0.6 is 0 Å². The van der Waals surface area contributed by atoms with E-state index >= 15 is 0 Å². The van der Waals surface area contributed by atoms with Gasteiger partial charge in [-0.05, 0) is 32.9 Å². The summed E-state index contributed by atoms with van der Waals surface area (Å²) in [6.07, 6.45) is 1.69. The highest BCUT2D eigenvalue weighted by molar-refractivity contribution is 5.52. The summed E-state index contributed by atoms with van der Waals surface area (Å²) >= 11 is 0. The fourth-order valence-electron chi connectivity index (χ4n) is 2.57. The number of hydrogen-bond donors (Lipinski definition) is 1. The number of nitrogens with zero attached hydrogens (tertiary/aromatic N) is 2. The Kier molecular flexibility index (Phi) is 4.06. The zero-order valence-corrected chi connectivity index (χ0v) is 13.0. The average Bonchev–Trinajstić information content (AvgIpc) is 3.13. The molecule has 0 saturated carbocycles. The summed E-state index contributed by atoms with van der Waals surface area (Å²) in [5, 5.41) is 7.41. The van der Waals surface area contributed by atoms with E-state index in [0.717, 1.165) is 28.3 Å². The molecule has 1 atom stereocenters. The van der Waals surface area contributed by atoms with Crippen molar-refractivity contribution in [3.05, 3.63) is 59.3 Å². The molecule has 0 aliphatic heterocycles. The van der Waals surface area contributed by atoms with E-state index in [1.165, 1.54) is 0 Å². The molecule has 0 bridgehead atoms. The van der Waals surface area contributed by atoms with Crippen molar-refractivity contribution in [2.45, 2.75) is 33.4 Å². The van der Waals surface area contributed by atoms with Crippen molar-refractivity contribution in [2.75, 3.05) is 0 Å². The average molecular weight is 297 g/mol. The number of benzene rings is 1. The maximum atomic E-state index is 5.54. The third-order valence-electron chi connectivity index (χ3n) is 3.68. The smallest absolute Gasteiger partial charge is 0.226 e. The molecule has 2 aromatic heterocycles. The SMILES string of the molecule is Cc1noc(C)c1[C@@H](C)NCc1coc(-c2ccccc2)n1. The molecule has 0 fully saturated rings. The lowest BCUT2D eigenvalue weighted by molar-refractivity contribution is 0.390. The van der Waals surface area contributed by atoms with Gasteiger partial charge in [-0.2, -0.15) is 0 Å². The first-order valence-corrected chi connectivity index (χ1v) is 7.31. The van der Waals surface area contributed by atoms with Crippen LogP contribution in [0.5, 0.6) is 0 Å². The lowest BCUT2D eigenvalue weighted by Gasteiger charge is -2.12. The van der Waals surface area contributed by atoms with Gasteiger partial charge in [0.1, 0.15) is 12.0 Å². The van der Waals surface area contributed by atoms with Gasteiger partial charge in [0.2, 0.25) is 5.89 Å². The minimum absolute atomic E-state index is 0.142. The van der Waals surface area contributed by atoms with Gasteiger partial charge in [-0.25, -0.2) is 4.98 Å². The van der Waals surface area contributed by atoms with Crippen LogP contribution < -0.4 is 5.32 Å². The molecule has 1 aromatic carbocycles. The van der Waals surface area contributed by atoms with E-state index in [0.29, 0.717) is 12.4 Å². The van der Waals surface area contributed by atoms with Crippen LogP contribution in [-0.2, 0) is 6.54 Å². The molecule has 3 aromatic rings. The van der Waals surface area contributed by atoms with Crippen LogP contribution in [0.25, 0.3) is 11.5 Å². The molecule has 0 aliphatic rings. The summed E-state index contributed by atoms with van der Waals surface area (Å²) in [4.78, 5) is 4.51. The highest BCUT2D eigenvalue weighted by Gasteiger charge is 2.16. The molecule has 0 aliphatic carbocycles. The second-order valence-corrected chi connectivity index (χ2v) is 5.35. The predicted molar refractivity (Wildman–Crippen MR) is 83.2 cm³/mol. The first kappa shape index (κ1) is 14.5. The van der Waals surface area contributed by atoms with Crippen LogP contribution in [0.3, 0.4) is 0 Å². The molecule has 0 spiro atoms. The van der Waals surface area contributed by atoms with Gasteiger partial charge in [-0.1, -0.05) is 23.4 Å². The third-order valence-corrected chi connectivity index (χ3v) is 3.68. The van der Waals surface area contributed by atoms with Gasteiger partial charge >= 0.3 is 0 Å². The molecule has 0 unspecified atom stereocenters. The largest absolute Gasteiger partial charge is 0.444 e. The molecule has 22 heavy (non-hydrogen) atoms. The Morgan fingerprint density at radius 1 is 1.18 bits per heavy atom. The zero-order chi connectivity index (χ0) is 15.5. The number of aryl methyl sites for hydroxylation is 2. The predicted octanol–water partition coefficient (Wildman–Crippen LogP) is 3.80. The van der Waals surface area contributed by atoms with Gasteiger partial charge < -0.3 is 14.3 Å². The number of hydrogen-bond acceptors (Lipinski definition) is 5. The van der Waals surface area contributed by atoms with Crippen molar-refractivity contribution in [3.8, 4) is 11.5 Å². The van der Waals surface area contributed by atoms with E-state index in [-0.39, 0.29) is 6.04 Å². The van der Waals surface area contributed by atoms with Crippen molar-refractivity contribution in [2.24, 2.45) is 0 Å².